The Morgan fingerprint density at radius 3 is 0.727 bits per heavy atom. The van der Waals surface area contributed by atoms with E-state index in [-0.39, 0.29) is 0 Å². The van der Waals surface area contributed by atoms with E-state index in [0.717, 1.165) is 0 Å². The molecule has 0 fully saturated rings. The highest BCUT2D eigenvalue weighted by molar-refractivity contribution is 5.53. The summed E-state index contributed by atoms with van der Waals surface area (Å²) in [5.41, 5.74) is 0. The molecule has 0 aliphatic heterocycles. The van der Waals surface area contributed by atoms with Crippen LogP contribution in [-0.2, 0) is 0 Å². The van der Waals surface area contributed by atoms with Crippen LogP contribution in [0.2, 0.25) is 0 Å². The molecule has 0 aliphatic rings. The van der Waals surface area contributed by atoms with Crippen molar-refractivity contribution in [2.45, 2.75) is 12.4 Å². The lowest BCUT2D eigenvalue weighted by Gasteiger charge is -1.98. The summed E-state index contributed by atoms with van der Waals surface area (Å²) in [4.78, 5) is 8.56. The zero-order valence-electron chi connectivity index (χ0n) is 9.34. The van der Waals surface area contributed by atoms with Crippen molar-refractivity contribution in [1.29, 1.82) is 0 Å². The van der Waals surface area contributed by atoms with Gasteiger partial charge in [-0.2, -0.15) is 52.7 Å². The molecule has 0 radical (unpaired) electrons. The quantitative estimate of drug-likeness (QED) is 0.562. The molecular weight excluding hydrogens is 360 g/mol. The van der Waals surface area contributed by atoms with Crippen LogP contribution in [0.3, 0.4) is 0 Å². The Morgan fingerprint density at radius 2 is 0.727 bits per heavy atom. The minimum Gasteiger partial charge on any atom is -0.450 e. The van der Waals surface area contributed by atoms with Crippen LogP contribution in [0.15, 0.2) is 23.8 Å². The highest BCUT2D eigenvalue weighted by atomic mass is 19.4. The second kappa shape index (κ2) is 9.78. The third-order valence-corrected chi connectivity index (χ3v) is 0.830. The molecule has 0 bridgehead atoms. The average molecular weight is 362 g/mol. The lowest BCUT2D eigenvalue weighted by Crippen LogP contribution is -2.08. The Morgan fingerprint density at radius 1 is 0.591 bits per heavy atom. The number of hydrogen-bond acceptors (Lipinski definition) is 1. The summed E-state index contributed by atoms with van der Waals surface area (Å²) >= 11 is 0. The second-order valence-electron chi connectivity index (χ2n) is 2.43. The number of allylic oxidation sites excluding steroid dienone is 2. The first kappa shape index (κ1) is 24.9. The zero-order valence-corrected chi connectivity index (χ0v) is 9.34. The maximum Gasteiger partial charge on any atom is 0.503 e. The molecule has 0 heterocycles. The highest BCUT2D eigenvalue weighted by Gasteiger charge is 2.39. The second-order valence-corrected chi connectivity index (χ2v) is 2.43. The fraction of sp³-hybridized carbons (Fsp3) is 0.286. The number of halogens is 12. The number of alkyl halides is 6. The van der Waals surface area contributed by atoms with Gasteiger partial charge in [-0.05, 0) is 0 Å². The predicted molar refractivity (Wildman–Crippen MR) is 43.5 cm³/mol. The van der Waals surface area contributed by atoms with Crippen LogP contribution in [0.25, 0.3) is 0 Å². The van der Waals surface area contributed by atoms with E-state index < -0.39 is 42.3 Å². The van der Waals surface area contributed by atoms with Crippen molar-refractivity contribution in [3.63, 3.8) is 0 Å². The molecule has 0 spiro atoms. The molecule has 0 saturated heterocycles. The molecule has 0 amide bonds. The summed E-state index contributed by atoms with van der Waals surface area (Å²) in [6, 6.07) is 0. The zero-order chi connectivity index (χ0) is 18.9. The Hall–Kier alpha value is -2.09. The lowest BCUT2D eigenvalue weighted by atomic mass is 10.6. The minimum atomic E-state index is -5.56. The number of carboxylic acid groups (broad SMARTS) is 2. The monoisotopic (exact) mass is 362 g/mol. The van der Waals surface area contributed by atoms with E-state index in [2.05, 4.69) is 0 Å². The Labute approximate surface area is 111 Å². The Kier molecular flexibility index (Phi) is 11.1. The molecule has 0 aromatic rings. The molecule has 0 aromatic heterocycles. The lowest BCUT2D eigenvalue weighted by molar-refractivity contribution is -0.113. The molecule has 2 N–H and O–H groups in total. The Bertz CT molecular complexity index is 371. The van der Waals surface area contributed by atoms with E-state index >= 15 is 0 Å². The molecule has 0 atom stereocenters. The van der Waals surface area contributed by atoms with Gasteiger partial charge in [0.25, 0.3) is 11.7 Å². The van der Waals surface area contributed by atoms with Crippen molar-refractivity contribution in [2.75, 3.05) is 0 Å². The van der Waals surface area contributed by atoms with Crippen LogP contribution in [0.1, 0.15) is 0 Å². The summed E-state index contributed by atoms with van der Waals surface area (Å²) in [5.74, 6) is -6.66. The molecule has 15 heteroatoms. The van der Waals surface area contributed by atoms with E-state index in [0.29, 0.717) is 0 Å². The van der Waals surface area contributed by atoms with Gasteiger partial charge in [-0.3, -0.25) is 0 Å². The van der Waals surface area contributed by atoms with Crippen LogP contribution in [0.4, 0.5) is 57.5 Å². The van der Waals surface area contributed by atoms with Crippen LogP contribution >= 0.6 is 0 Å². The summed E-state index contributed by atoms with van der Waals surface area (Å²) in [5, 5.41) is 13.9. The first-order valence-corrected chi connectivity index (χ1v) is 3.92. The molecule has 0 unspecified atom stereocenters. The van der Waals surface area contributed by atoms with Gasteiger partial charge in [0.05, 0.1) is 0 Å². The maximum atomic E-state index is 11.0. The third-order valence-electron chi connectivity index (χ3n) is 0.830. The number of rotatable bonds is 0. The van der Waals surface area contributed by atoms with Crippen molar-refractivity contribution in [3.05, 3.63) is 23.8 Å². The van der Waals surface area contributed by atoms with E-state index in [1.807, 2.05) is 0 Å². The van der Waals surface area contributed by atoms with Crippen molar-refractivity contribution in [2.24, 2.45) is 0 Å². The molecule has 0 aliphatic carbocycles. The number of carbonyl (C=O) groups is 1. The van der Waals surface area contributed by atoms with Crippen LogP contribution in [0, 0.1) is 0 Å². The molecule has 0 saturated carbocycles. The largest absolute Gasteiger partial charge is 0.503 e. The van der Waals surface area contributed by atoms with Crippen molar-refractivity contribution in [3.8, 4) is 0 Å². The van der Waals surface area contributed by atoms with Gasteiger partial charge in [0.15, 0.2) is 0 Å². The van der Waals surface area contributed by atoms with E-state index in [1.165, 1.54) is 0 Å². The summed E-state index contributed by atoms with van der Waals surface area (Å²) < 4.78 is 130. The topological polar surface area (TPSA) is 57.5 Å². The molecule has 22 heavy (non-hydrogen) atoms. The minimum absolute atomic E-state index is 1.83. The van der Waals surface area contributed by atoms with Gasteiger partial charge in [0, 0.05) is 0 Å². The molecule has 0 rings (SSSR count). The Balaban J connectivity index is -0.000000266. The maximum absolute atomic E-state index is 11.0. The molecular formula is C7H2F12O3. The molecule has 3 nitrogen and oxygen atoms in total. The van der Waals surface area contributed by atoms with Gasteiger partial charge in [-0.1, -0.05) is 0 Å². The normalized spacial score (nSPS) is 10.4. The van der Waals surface area contributed by atoms with Gasteiger partial charge in [-0.25, -0.2) is 4.79 Å². The highest BCUT2D eigenvalue weighted by Crippen LogP contribution is 2.30. The van der Waals surface area contributed by atoms with Crippen molar-refractivity contribution < 1.29 is 67.7 Å². The SMILES string of the molecule is FC(F)=C(F)C(F)(F)F.FC(F)=C(F)C(F)(F)F.O=C(O)O. The third kappa shape index (κ3) is 16.0. The van der Waals surface area contributed by atoms with Gasteiger partial charge in [0.1, 0.15) is 0 Å². The molecule has 132 valence electrons. The fourth-order valence-electron chi connectivity index (χ4n) is 0.214. The smallest absolute Gasteiger partial charge is 0.450 e. The summed E-state index contributed by atoms with van der Waals surface area (Å²) in [7, 11) is 0. The van der Waals surface area contributed by atoms with Crippen molar-refractivity contribution in [1.82, 2.24) is 0 Å². The summed E-state index contributed by atoms with van der Waals surface area (Å²) in [6.07, 6.45) is -19.6. The van der Waals surface area contributed by atoms with E-state index in [1.54, 1.807) is 0 Å². The van der Waals surface area contributed by atoms with Gasteiger partial charge < -0.3 is 10.2 Å². The van der Waals surface area contributed by atoms with Crippen molar-refractivity contribution >= 4 is 6.16 Å². The first-order valence-electron chi connectivity index (χ1n) is 3.92. The van der Waals surface area contributed by atoms with Crippen LogP contribution in [0.5, 0.6) is 0 Å². The first-order chi connectivity index (χ1) is 9.44. The van der Waals surface area contributed by atoms with E-state index in [9.17, 15) is 52.7 Å². The predicted octanol–water partition coefficient (Wildman–Crippen LogP) is 5.48. The van der Waals surface area contributed by atoms with Crippen LogP contribution in [-0.4, -0.2) is 28.7 Å². The van der Waals surface area contributed by atoms with Gasteiger partial charge in [0.2, 0.25) is 0 Å². The average Bonchev–Trinajstić information content (AvgIpc) is 2.24. The number of hydrogen-bond donors (Lipinski definition) is 2. The molecule has 0 aromatic carbocycles. The standard InChI is InChI=1S/2C3F6.CH2O3/c2*4-1(2(5)6)3(7,8)9;2-1(3)4/h;;(H2,2,3,4). The van der Waals surface area contributed by atoms with Gasteiger partial charge in [-0.15, -0.1) is 0 Å². The van der Waals surface area contributed by atoms with Crippen LogP contribution < -0.4 is 0 Å². The fourth-order valence-corrected chi connectivity index (χ4v) is 0.214. The van der Waals surface area contributed by atoms with E-state index in [4.69, 9.17) is 15.0 Å². The summed E-state index contributed by atoms with van der Waals surface area (Å²) in [6.45, 7) is 0. The van der Waals surface area contributed by atoms with Gasteiger partial charge >= 0.3 is 30.7 Å².